The first-order chi connectivity index (χ1) is 8.43. The molecule has 0 aromatic heterocycles. The summed E-state index contributed by atoms with van der Waals surface area (Å²) < 4.78 is 0. The van der Waals surface area contributed by atoms with E-state index in [9.17, 15) is 14.4 Å². The molecule has 5 heteroatoms. The molecule has 0 aromatic carbocycles. The maximum absolute atomic E-state index is 12.4. The molecule has 0 bridgehead atoms. The summed E-state index contributed by atoms with van der Waals surface area (Å²) in [7, 11) is 0. The van der Waals surface area contributed by atoms with Crippen LogP contribution in [0.25, 0.3) is 0 Å². The number of carbonyl (C=O) groups is 3. The zero-order valence-corrected chi connectivity index (χ0v) is 11.1. The Hall–Kier alpha value is -1.39. The molecular weight excluding hydrogens is 232 g/mol. The minimum Gasteiger partial charge on any atom is -0.277 e. The van der Waals surface area contributed by atoms with Gasteiger partial charge >= 0.3 is 6.03 Å². The minimum atomic E-state index is -0.726. The van der Waals surface area contributed by atoms with Gasteiger partial charge in [-0.05, 0) is 24.7 Å². The number of nitrogens with zero attached hydrogens (tertiary/aromatic N) is 1. The van der Waals surface area contributed by atoms with Crippen LogP contribution >= 0.6 is 0 Å². The molecule has 4 amide bonds. The highest BCUT2D eigenvalue weighted by Gasteiger charge is 2.46. The first kappa shape index (κ1) is 13.1. The SMILES string of the molecule is CC(C)C1C(=O)NC(=O)N(C2CCCC2C)C1=O. The Morgan fingerprint density at radius 1 is 1.22 bits per heavy atom. The van der Waals surface area contributed by atoms with E-state index in [-0.39, 0.29) is 17.9 Å². The van der Waals surface area contributed by atoms with Crippen LogP contribution in [0.3, 0.4) is 0 Å². The Morgan fingerprint density at radius 3 is 2.39 bits per heavy atom. The number of hydrogen-bond acceptors (Lipinski definition) is 3. The van der Waals surface area contributed by atoms with Gasteiger partial charge in [0.1, 0.15) is 5.92 Å². The number of carbonyl (C=O) groups excluding carboxylic acids is 3. The summed E-state index contributed by atoms with van der Waals surface area (Å²) in [5.74, 6) is -1.28. The molecule has 0 aromatic rings. The summed E-state index contributed by atoms with van der Waals surface area (Å²) in [6, 6.07) is -0.590. The molecule has 1 heterocycles. The summed E-state index contributed by atoms with van der Waals surface area (Å²) in [4.78, 5) is 37.3. The maximum Gasteiger partial charge on any atom is 0.331 e. The lowest BCUT2D eigenvalue weighted by molar-refractivity contribution is -0.146. The molecule has 2 fully saturated rings. The smallest absolute Gasteiger partial charge is 0.277 e. The van der Waals surface area contributed by atoms with Crippen LogP contribution in [0.1, 0.15) is 40.0 Å². The summed E-state index contributed by atoms with van der Waals surface area (Å²) in [5, 5.41) is 2.32. The van der Waals surface area contributed by atoms with Crippen LogP contribution in [0.5, 0.6) is 0 Å². The van der Waals surface area contributed by atoms with Gasteiger partial charge in [0.25, 0.3) is 0 Å². The predicted octanol–water partition coefficient (Wildman–Crippen LogP) is 1.53. The maximum atomic E-state index is 12.4. The van der Waals surface area contributed by atoms with E-state index in [2.05, 4.69) is 12.2 Å². The van der Waals surface area contributed by atoms with Crippen LogP contribution in [0.4, 0.5) is 4.79 Å². The predicted molar refractivity (Wildman–Crippen MR) is 65.5 cm³/mol. The second kappa shape index (κ2) is 4.71. The highest BCUT2D eigenvalue weighted by molar-refractivity contribution is 6.16. The van der Waals surface area contributed by atoms with Crippen molar-refractivity contribution in [1.29, 1.82) is 0 Å². The third-order valence-corrected chi connectivity index (χ3v) is 4.05. The molecule has 18 heavy (non-hydrogen) atoms. The van der Waals surface area contributed by atoms with Crippen LogP contribution in [0.15, 0.2) is 0 Å². The largest absolute Gasteiger partial charge is 0.331 e. The highest BCUT2D eigenvalue weighted by Crippen LogP contribution is 2.32. The average Bonchev–Trinajstić information content (AvgIpc) is 2.63. The summed E-state index contributed by atoms with van der Waals surface area (Å²) in [5.41, 5.74) is 0. The lowest BCUT2D eigenvalue weighted by Crippen LogP contribution is -2.62. The van der Waals surface area contributed by atoms with Crippen molar-refractivity contribution in [2.75, 3.05) is 0 Å². The monoisotopic (exact) mass is 252 g/mol. The van der Waals surface area contributed by atoms with Crippen molar-refractivity contribution in [1.82, 2.24) is 10.2 Å². The average molecular weight is 252 g/mol. The molecule has 2 rings (SSSR count). The van der Waals surface area contributed by atoms with Crippen LogP contribution in [0, 0.1) is 17.8 Å². The van der Waals surface area contributed by atoms with Gasteiger partial charge in [0.2, 0.25) is 11.8 Å². The van der Waals surface area contributed by atoms with Gasteiger partial charge in [0.05, 0.1) is 0 Å². The summed E-state index contributed by atoms with van der Waals surface area (Å²) in [6.07, 6.45) is 2.91. The number of rotatable bonds is 2. The molecule has 100 valence electrons. The zero-order chi connectivity index (χ0) is 13.4. The molecule has 1 N–H and O–H groups in total. The molecule has 3 atom stereocenters. The summed E-state index contributed by atoms with van der Waals surface area (Å²) >= 11 is 0. The first-order valence-corrected chi connectivity index (χ1v) is 6.61. The zero-order valence-electron chi connectivity index (χ0n) is 11.1. The Labute approximate surface area is 107 Å². The van der Waals surface area contributed by atoms with Crippen molar-refractivity contribution in [2.24, 2.45) is 17.8 Å². The van der Waals surface area contributed by atoms with Gasteiger partial charge in [0, 0.05) is 6.04 Å². The van der Waals surface area contributed by atoms with Crippen LogP contribution in [-0.4, -0.2) is 28.8 Å². The van der Waals surface area contributed by atoms with Gasteiger partial charge < -0.3 is 0 Å². The van der Waals surface area contributed by atoms with E-state index in [0.717, 1.165) is 19.3 Å². The molecular formula is C13H20N2O3. The van der Waals surface area contributed by atoms with Crippen LogP contribution < -0.4 is 5.32 Å². The van der Waals surface area contributed by atoms with E-state index in [1.54, 1.807) is 0 Å². The standard InChI is InChI=1S/C13H20N2O3/c1-7(2)10-11(16)14-13(18)15(12(10)17)9-6-4-5-8(9)3/h7-10H,4-6H2,1-3H3,(H,14,16,18). The third-order valence-electron chi connectivity index (χ3n) is 4.05. The third kappa shape index (κ3) is 2.02. The molecule has 1 saturated carbocycles. The Morgan fingerprint density at radius 2 is 1.89 bits per heavy atom. The van der Waals surface area contributed by atoms with E-state index >= 15 is 0 Å². The van der Waals surface area contributed by atoms with E-state index in [0.29, 0.717) is 5.92 Å². The molecule has 1 saturated heterocycles. The Bertz CT molecular complexity index is 392. The van der Waals surface area contributed by atoms with Crippen LogP contribution in [-0.2, 0) is 9.59 Å². The molecule has 3 unspecified atom stereocenters. The molecule has 0 radical (unpaired) electrons. The fraction of sp³-hybridized carbons (Fsp3) is 0.769. The van der Waals surface area contributed by atoms with Crippen molar-refractivity contribution >= 4 is 17.8 Å². The Kier molecular flexibility index (Phi) is 3.41. The van der Waals surface area contributed by atoms with Crippen molar-refractivity contribution in [3.05, 3.63) is 0 Å². The molecule has 2 aliphatic rings. The van der Waals surface area contributed by atoms with E-state index < -0.39 is 17.9 Å². The van der Waals surface area contributed by atoms with Gasteiger partial charge in [-0.25, -0.2) is 4.79 Å². The van der Waals surface area contributed by atoms with Crippen molar-refractivity contribution < 1.29 is 14.4 Å². The van der Waals surface area contributed by atoms with Gasteiger partial charge in [-0.2, -0.15) is 0 Å². The minimum absolute atomic E-state index is 0.0492. The number of hydrogen-bond donors (Lipinski definition) is 1. The normalized spacial score (nSPS) is 33.2. The fourth-order valence-electron chi connectivity index (χ4n) is 3.02. The number of amides is 4. The van der Waals surface area contributed by atoms with E-state index in [4.69, 9.17) is 0 Å². The van der Waals surface area contributed by atoms with Gasteiger partial charge in [-0.15, -0.1) is 0 Å². The van der Waals surface area contributed by atoms with Gasteiger partial charge in [-0.3, -0.25) is 19.8 Å². The van der Waals surface area contributed by atoms with Gasteiger partial charge in [0.15, 0.2) is 0 Å². The van der Waals surface area contributed by atoms with Crippen molar-refractivity contribution in [2.45, 2.75) is 46.1 Å². The number of urea groups is 1. The Balaban J connectivity index is 2.26. The molecule has 0 spiro atoms. The topological polar surface area (TPSA) is 66.5 Å². The lowest BCUT2D eigenvalue weighted by atomic mass is 9.90. The lowest BCUT2D eigenvalue weighted by Gasteiger charge is -2.37. The quantitative estimate of drug-likeness (QED) is 0.758. The molecule has 1 aliphatic heterocycles. The number of imide groups is 2. The van der Waals surface area contributed by atoms with Gasteiger partial charge in [-0.1, -0.05) is 27.2 Å². The second-order valence-electron chi connectivity index (χ2n) is 5.70. The number of barbiturate groups is 1. The molecule has 5 nitrogen and oxygen atoms in total. The van der Waals surface area contributed by atoms with E-state index in [1.165, 1.54) is 4.90 Å². The van der Waals surface area contributed by atoms with Crippen LogP contribution in [0.2, 0.25) is 0 Å². The molecule has 1 aliphatic carbocycles. The van der Waals surface area contributed by atoms with Crippen molar-refractivity contribution in [3.63, 3.8) is 0 Å². The second-order valence-corrected chi connectivity index (χ2v) is 5.70. The van der Waals surface area contributed by atoms with Crippen molar-refractivity contribution in [3.8, 4) is 0 Å². The van der Waals surface area contributed by atoms with E-state index in [1.807, 2.05) is 13.8 Å². The fourth-order valence-corrected chi connectivity index (χ4v) is 3.02. The highest BCUT2D eigenvalue weighted by atomic mass is 16.2. The summed E-state index contributed by atoms with van der Waals surface area (Å²) in [6.45, 7) is 5.71. The number of nitrogens with one attached hydrogen (secondary N) is 1. The first-order valence-electron chi connectivity index (χ1n) is 6.61.